The summed E-state index contributed by atoms with van der Waals surface area (Å²) in [7, 11) is 1.33. The highest BCUT2D eigenvalue weighted by Gasteiger charge is 2.16. The first kappa shape index (κ1) is 11.7. The van der Waals surface area contributed by atoms with Crippen molar-refractivity contribution in [1.29, 1.82) is 0 Å². The van der Waals surface area contributed by atoms with Crippen molar-refractivity contribution in [2.24, 2.45) is 0 Å². The van der Waals surface area contributed by atoms with Gasteiger partial charge >= 0.3 is 0 Å². The fourth-order valence-corrected chi connectivity index (χ4v) is 1.77. The lowest BCUT2D eigenvalue weighted by Gasteiger charge is -2.08. The molecule has 0 N–H and O–H groups in total. The minimum absolute atomic E-state index is 0.0268. The highest BCUT2D eigenvalue weighted by atomic mass is 79.9. The molecule has 6 heteroatoms. The number of hydrogen-bond donors (Lipinski definition) is 0. The van der Waals surface area contributed by atoms with Gasteiger partial charge in [0.1, 0.15) is 10.7 Å². The topological polar surface area (TPSA) is 22.1 Å². The Bertz CT molecular complexity index is 310. The molecule has 0 aliphatic carbocycles. The molecule has 0 aromatic carbocycles. The average molecular weight is 287 g/mol. The van der Waals surface area contributed by atoms with Gasteiger partial charge in [-0.1, -0.05) is 27.5 Å². The predicted octanol–water partition coefficient (Wildman–Crippen LogP) is 3.58. The van der Waals surface area contributed by atoms with Gasteiger partial charge in [-0.15, -0.1) is 0 Å². The molecule has 0 atom stereocenters. The van der Waals surface area contributed by atoms with E-state index in [9.17, 15) is 8.78 Å². The minimum atomic E-state index is -2.63. The molecule has 0 spiro atoms. The molecule has 0 amide bonds. The number of alkyl halides is 3. The number of pyridine rings is 1. The number of rotatable bonds is 3. The molecule has 0 saturated carbocycles. The van der Waals surface area contributed by atoms with Gasteiger partial charge in [-0.25, -0.2) is 13.8 Å². The maximum Gasteiger partial charge on any atom is 0.280 e. The van der Waals surface area contributed by atoms with Crippen LogP contribution in [0.2, 0.25) is 5.02 Å². The van der Waals surface area contributed by atoms with Gasteiger partial charge in [-0.05, 0) is 11.6 Å². The predicted molar refractivity (Wildman–Crippen MR) is 53.4 cm³/mol. The molecule has 1 heterocycles. The lowest BCUT2D eigenvalue weighted by Crippen LogP contribution is -1.98. The van der Waals surface area contributed by atoms with Crippen molar-refractivity contribution in [3.63, 3.8) is 0 Å². The summed E-state index contributed by atoms with van der Waals surface area (Å²) in [6, 6.07) is 1.25. The number of ether oxygens (including phenoxy) is 1. The number of methoxy groups -OCH3 is 1. The van der Waals surface area contributed by atoms with Crippen molar-refractivity contribution >= 4 is 27.5 Å². The molecule has 0 aliphatic heterocycles. The van der Waals surface area contributed by atoms with E-state index in [2.05, 4.69) is 20.9 Å². The van der Waals surface area contributed by atoms with Gasteiger partial charge in [0.2, 0.25) is 5.88 Å². The SMILES string of the molecule is COc1nc(C(F)F)cc(CBr)c1Cl. The molecule has 0 radical (unpaired) electrons. The first-order chi connectivity index (χ1) is 6.60. The van der Waals surface area contributed by atoms with Crippen LogP contribution in [0.5, 0.6) is 5.88 Å². The van der Waals surface area contributed by atoms with Gasteiger partial charge < -0.3 is 4.74 Å². The van der Waals surface area contributed by atoms with Crippen LogP contribution in [0.15, 0.2) is 6.07 Å². The Kier molecular flexibility index (Phi) is 4.07. The molecule has 2 nitrogen and oxygen atoms in total. The second-order valence-corrected chi connectivity index (χ2v) is 3.40. The maximum absolute atomic E-state index is 12.4. The fraction of sp³-hybridized carbons (Fsp3) is 0.375. The summed E-state index contributed by atoms with van der Waals surface area (Å²) < 4.78 is 29.5. The normalized spacial score (nSPS) is 10.7. The van der Waals surface area contributed by atoms with Crippen molar-refractivity contribution in [2.75, 3.05) is 7.11 Å². The average Bonchev–Trinajstić information content (AvgIpc) is 2.17. The highest BCUT2D eigenvalue weighted by Crippen LogP contribution is 2.31. The molecule has 0 unspecified atom stereocenters. The Labute approximate surface area is 93.4 Å². The highest BCUT2D eigenvalue weighted by molar-refractivity contribution is 9.08. The lowest BCUT2D eigenvalue weighted by molar-refractivity contribution is 0.145. The van der Waals surface area contributed by atoms with Gasteiger partial charge in [0.05, 0.1) is 7.11 Å². The number of hydrogen-bond acceptors (Lipinski definition) is 2. The third-order valence-corrected chi connectivity index (χ3v) is 2.59. The van der Waals surface area contributed by atoms with Gasteiger partial charge in [-0.2, -0.15) is 0 Å². The molecule has 78 valence electrons. The Balaban J connectivity index is 3.25. The molecular formula is C8H7BrClF2NO. The van der Waals surface area contributed by atoms with Crippen LogP contribution in [0.1, 0.15) is 17.7 Å². The van der Waals surface area contributed by atoms with E-state index in [1.165, 1.54) is 13.2 Å². The summed E-state index contributed by atoms with van der Waals surface area (Å²) in [5, 5.41) is 0.638. The third kappa shape index (κ3) is 2.33. The molecule has 0 aliphatic rings. The number of aromatic nitrogens is 1. The van der Waals surface area contributed by atoms with Crippen LogP contribution in [0.25, 0.3) is 0 Å². The summed E-state index contributed by atoms with van der Waals surface area (Å²) in [6.07, 6.45) is -2.63. The Morgan fingerprint density at radius 1 is 1.64 bits per heavy atom. The van der Waals surface area contributed by atoms with Crippen LogP contribution in [-0.2, 0) is 5.33 Å². The summed E-state index contributed by atoms with van der Waals surface area (Å²) >= 11 is 8.97. The summed E-state index contributed by atoms with van der Waals surface area (Å²) in [6.45, 7) is 0. The number of halogens is 4. The van der Waals surface area contributed by atoms with Gasteiger partial charge in [0.25, 0.3) is 6.43 Å². The molecular weight excluding hydrogens is 279 g/mol. The van der Waals surface area contributed by atoms with Gasteiger partial charge in [-0.3, -0.25) is 0 Å². The van der Waals surface area contributed by atoms with E-state index >= 15 is 0 Å². The van der Waals surface area contributed by atoms with Crippen molar-refractivity contribution in [1.82, 2.24) is 4.98 Å². The number of nitrogens with zero attached hydrogens (tertiary/aromatic N) is 1. The molecule has 0 bridgehead atoms. The Hall–Kier alpha value is -0.420. The molecule has 0 saturated heterocycles. The lowest BCUT2D eigenvalue weighted by atomic mass is 10.2. The Morgan fingerprint density at radius 3 is 2.71 bits per heavy atom. The second-order valence-electron chi connectivity index (χ2n) is 2.46. The largest absolute Gasteiger partial charge is 0.480 e. The van der Waals surface area contributed by atoms with E-state index in [0.717, 1.165) is 0 Å². The summed E-state index contributed by atoms with van der Waals surface area (Å²) in [5.74, 6) is 0.0268. The molecule has 14 heavy (non-hydrogen) atoms. The van der Waals surface area contributed by atoms with Crippen molar-refractivity contribution in [3.05, 3.63) is 22.3 Å². The van der Waals surface area contributed by atoms with E-state index in [4.69, 9.17) is 16.3 Å². The first-order valence-electron chi connectivity index (χ1n) is 3.67. The smallest absolute Gasteiger partial charge is 0.280 e. The van der Waals surface area contributed by atoms with E-state index in [1.54, 1.807) is 0 Å². The third-order valence-electron chi connectivity index (χ3n) is 1.58. The van der Waals surface area contributed by atoms with Crippen LogP contribution in [0, 0.1) is 0 Å². The zero-order valence-electron chi connectivity index (χ0n) is 7.23. The van der Waals surface area contributed by atoms with Gasteiger partial charge in [0.15, 0.2) is 0 Å². The van der Waals surface area contributed by atoms with E-state index in [0.29, 0.717) is 10.9 Å². The van der Waals surface area contributed by atoms with Crippen LogP contribution in [0.4, 0.5) is 8.78 Å². The van der Waals surface area contributed by atoms with E-state index in [-0.39, 0.29) is 16.6 Å². The van der Waals surface area contributed by atoms with Crippen LogP contribution < -0.4 is 4.74 Å². The van der Waals surface area contributed by atoms with Crippen molar-refractivity contribution in [3.8, 4) is 5.88 Å². The first-order valence-corrected chi connectivity index (χ1v) is 5.17. The zero-order valence-corrected chi connectivity index (χ0v) is 9.57. The monoisotopic (exact) mass is 285 g/mol. The molecule has 0 fully saturated rings. The van der Waals surface area contributed by atoms with E-state index in [1.807, 2.05) is 0 Å². The molecule has 1 aromatic heterocycles. The van der Waals surface area contributed by atoms with Crippen LogP contribution in [-0.4, -0.2) is 12.1 Å². The minimum Gasteiger partial charge on any atom is -0.480 e. The Morgan fingerprint density at radius 2 is 2.29 bits per heavy atom. The van der Waals surface area contributed by atoms with E-state index < -0.39 is 6.43 Å². The maximum atomic E-state index is 12.4. The van der Waals surface area contributed by atoms with Crippen LogP contribution in [0.3, 0.4) is 0 Å². The zero-order chi connectivity index (χ0) is 10.7. The van der Waals surface area contributed by atoms with Gasteiger partial charge in [0, 0.05) is 5.33 Å². The molecule has 1 aromatic rings. The fourth-order valence-electron chi connectivity index (χ4n) is 0.922. The standard InChI is InChI=1S/C8H7BrClF2NO/c1-14-8-6(10)4(3-9)2-5(13-8)7(11)12/h2,7H,3H2,1H3. The second kappa shape index (κ2) is 4.89. The van der Waals surface area contributed by atoms with Crippen molar-refractivity contribution < 1.29 is 13.5 Å². The van der Waals surface area contributed by atoms with Crippen molar-refractivity contribution in [2.45, 2.75) is 11.8 Å². The quantitative estimate of drug-likeness (QED) is 0.792. The molecule has 1 rings (SSSR count). The summed E-state index contributed by atoms with van der Waals surface area (Å²) in [4.78, 5) is 3.57. The summed E-state index contributed by atoms with van der Waals surface area (Å²) in [5.41, 5.74) is 0.203. The van der Waals surface area contributed by atoms with Crippen LogP contribution >= 0.6 is 27.5 Å².